The van der Waals surface area contributed by atoms with Crippen molar-refractivity contribution in [3.8, 4) is 0 Å². The van der Waals surface area contributed by atoms with Crippen LogP contribution in [0.5, 0.6) is 0 Å². The quantitative estimate of drug-likeness (QED) is 0.487. The number of carboxylic acid groups (broad SMARTS) is 1. The summed E-state index contributed by atoms with van der Waals surface area (Å²) in [4.78, 5) is 33.4. The summed E-state index contributed by atoms with van der Waals surface area (Å²) < 4.78 is 9.39. The van der Waals surface area contributed by atoms with E-state index < -0.39 is 30.2 Å². The van der Waals surface area contributed by atoms with Crippen molar-refractivity contribution in [3.05, 3.63) is 25.3 Å². The molecule has 0 aromatic rings. The van der Waals surface area contributed by atoms with Gasteiger partial charge in [-0.2, -0.15) is 0 Å². The zero-order valence-corrected chi connectivity index (χ0v) is 9.96. The Bertz CT molecular complexity index is 333. The fraction of sp³-hybridized carbons (Fsp3) is 0.417. The van der Waals surface area contributed by atoms with Gasteiger partial charge in [-0.1, -0.05) is 25.3 Å². The highest BCUT2D eigenvalue weighted by atomic mass is 16.5. The number of ether oxygens (including phenoxy) is 2. The molecular formula is C12H16O6. The number of hydrogen-bond donors (Lipinski definition) is 1. The lowest BCUT2D eigenvalue weighted by Crippen LogP contribution is -2.24. The first kappa shape index (κ1) is 15.9. The van der Waals surface area contributed by atoms with Gasteiger partial charge >= 0.3 is 17.9 Å². The highest BCUT2D eigenvalue weighted by Crippen LogP contribution is 2.12. The number of hydrogen-bond acceptors (Lipinski definition) is 5. The number of carbonyl (C=O) groups is 3. The Hall–Kier alpha value is -2.11. The Morgan fingerprint density at radius 2 is 1.61 bits per heavy atom. The van der Waals surface area contributed by atoms with Crippen molar-refractivity contribution in [3.63, 3.8) is 0 Å². The number of aliphatic carboxylic acids is 1. The highest BCUT2D eigenvalue weighted by molar-refractivity contribution is 5.83. The van der Waals surface area contributed by atoms with Crippen LogP contribution in [0.4, 0.5) is 0 Å². The molecule has 0 saturated carbocycles. The lowest BCUT2D eigenvalue weighted by atomic mass is 10.0. The molecule has 6 nitrogen and oxygen atoms in total. The zero-order valence-electron chi connectivity index (χ0n) is 9.96. The van der Waals surface area contributed by atoms with Crippen molar-refractivity contribution in [1.82, 2.24) is 0 Å². The summed E-state index contributed by atoms with van der Waals surface area (Å²) in [7, 11) is 0. The van der Waals surface area contributed by atoms with Gasteiger partial charge in [-0.15, -0.1) is 0 Å². The second-order valence-electron chi connectivity index (χ2n) is 3.39. The average Bonchev–Trinajstić information content (AvgIpc) is 2.32. The largest absolute Gasteiger partial charge is 0.481 e. The minimum absolute atomic E-state index is 0.0142. The van der Waals surface area contributed by atoms with Gasteiger partial charge in [-0.3, -0.25) is 14.4 Å². The molecule has 0 aromatic heterocycles. The molecule has 0 saturated heterocycles. The molecule has 0 aromatic carbocycles. The van der Waals surface area contributed by atoms with Gasteiger partial charge in [0.15, 0.2) is 0 Å². The SMILES string of the molecule is C=CCOC(=O)CC(CC(=O)O)C(=O)OCC=C. The van der Waals surface area contributed by atoms with E-state index >= 15 is 0 Å². The Labute approximate surface area is 105 Å². The smallest absolute Gasteiger partial charge is 0.310 e. The van der Waals surface area contributed by atoms with Crippen LogP contribution >= 0.6 is 0 Å². The van der Waals surface area contributed by atoms with E-state index in [0.29, 0.717) is 0 Å². The van der Waals surface area contributed by atoms with Crippen LogP contribution < -0.4 is 0 Å². The first-order chi connectivity index (χ1) is 8.51. The third-order valence-corrected chi connectivity index (χ3v) is 1.87. The van der Waals surface area contributed by atoms with E-state index in [1.165, 1.54) is 12.2 Å². The standard InChI is InChI=1S/C12H16O6/c1-3-5-17-11(15)8-9(7-10(13)14)12(16)18-6-4-2/h3-4,9H,1-2,5-8H2,(H,13,14). The van der Waals surface area contributed by atoms with Crippen LogP contribution in [0, 0.1) is 5.92 Å². The minimum atomic E-state index is -1.19. The predicted molar refractivity (Wildman–Crippen MR) is 62.7 cm³/mol. The van der Waals surface area contributed by atoms with Gasteiger partial charge in [0.1, 0.15) is 13.2 Å². The molecule has 1 atom stereocenters. The molecule has 0 aliphatic heterocycles. The van der Waals surface area contributed by atoms with Crippen LogP contribution in [0.2, 0.25) is 0 Å². The molecule has 0 bridgehead atoms. The molecule has 1 unspecified atom stereocenters. The third-order valence-electron chi connectivity index (χ3n) is 1.87. The molecule has 6 heteroatoms. The van der Waals surface area contributed by atoms with E-state index in [0.717, 1.165) is 0 Å². The molecule has 0 aliphatic rings. The number of esters is 2. The van der Waals surface area contributed by atoms with E-state index in [2.05, 4.69) is 17.9 Å². The molecular weight excluding hydrogens is 240 g/mol. The molecule has 100 valence electrons. The second kappa shape index (κ2) is 8.98. The van der Waals surface area contributed by atoms with Gasteiger partial charge in [0.05, 0.1) is 18.8 Å². The Morgan fingerprint density at radius 3 is 2.11 bits per heavy atom. The van der Waals surface area contributed by atoms with E-state index in [9.17, 15) is 14.4 Å². The van der Waals surface area contributed by atoms with Crippen LogP contribution in [-0.2, 0) is 23.9 Å². The van der Waals surface area contributed by atoms with Crippen molar-refractivity contribution >= 4 is 17.9 Å². The predicted octanol–water partition coefficient (Wildman–Crippen LogP) is 0.926. The highest BCUT2D eigenvalue weighted by Gasteiger charge is 2.26. The van der Waals surface area contributed by atoms with Crippen LogP contribution in [-0.4, -0.2) is 36.2 Å². The normalized spacial score (nSPS) is 11.1. The lowest BCUT2D eigenvalue weighted by Gasteiger charge is -2.12. The van der Waals surface area contributed by atoms with Gasteiger partial charge in [0, 0.05) is 0 Å². The maximum absolute atomic E-state index is 11.5. The van der Waals surface area contributed by atoms with Crippen molar-refractivity contribution in [2.45, 2.75) is 12.8 Å². The van der Waals surface area contributed by atoms with E-state index in [-0.39, 0.29) is 19.6 Å². The van der Waals surface area contributed by atoms with Crippen molar-refractivity contribution in [1.29, 1.82) is 0 Å². The van der Waals surface area contributed by atoms with E-state index in [1.54, 1.807) is 0 Å². The van der Waals surface area contributed by atoms with E-state index in [4.69, 9.17) is 9.84 Å². The number of rotatable bonds is 9. The van der Waals surface area contributed by atoms with Crippen LogP contribution in [0.1, 0.15) is 12.8 Å². The maximum atomic E-state index is 11.5. The third kappa shape index (κ3) is 7.21. The van der Waals surface area contributed by atoms with Gasteiger partial charge < -0.3 is 14.6 Å². The molecule has 18 heavy (non-hydrogen) atoms. The molecule has 0 radical (unpaired) electrons. The lowest BCUT2D eigenvalue weighted by molar-refractivity contribution is -0.156. The van der Waals surface area contributed by atoms with Crippen molar-refractivity contribution in [2.75, 3.05) is 13.2 Å². The minimum Gasteiger partial charge on any atom is -0.481 e. The first-order valence-corrected chi connectivity index (χ1v) is 5.27. The summed E-state index contributed by atoms with van der Waals surface area (Å²) in [5.74, 6) is -3.67. The summed E-state index contributed by atoms with van der Waals surface area (Å²) in [6.45, 7) is 6.70. The summed E-state index contributed by atoms with van der Waals surface area (Å²) in [6.07, 6.45) is 1.90. The fourth-order valence-electron chi connectivity index (χ4n) is 1.12. The zero-order chi connectivity index (χ0) is 14.0. The van der Waals surface area contributed by atoms with E-state index in [1.807, 2.05) is 0 Å². The van der Waals surface area contributed by atoms with Gasteiger partial charge in [0.25, 0.3) is 0 Å². The van der Waals surface area contributed by atoms with Gasteiger partial charge in [-0.05, 0) is 0 Å². The van der Waals surface area contributed by atoms with Crippen LogP contribution in [0.3, 0.4) is 0 Å². The van der Waals surface area contributed by atoms with Gasteiger partial charge in [-0.25, -0.2) is 0 Å². The van der Waals surface area contributed by atoms with Crippen LogP contribution in [0.25, 0.3) is 0 Å². The van der Waals surface area contributed by atoms with Gasteiger partial charge in [0.2, 0.25) is 0 Å². The fourth-order valence-corrected chi connectivity index (χ4v) is 1.12. The van der Waals surface area contributed by atoms with Crippen LogP contribution in [0.15, 0.2) is 25.3 Å². The Balaban J connectivity index is 4.42. The molecule has 0 heterocycles. The molecule has 0 amide bonds. The summed E-state index contributed by atoms with van der Waals surface area (Å²) in [5, 5.41) is 8.65. The molecule has 1 N–H and O–H groups in total. The summed E-state index contributed by atoms with van der Waals surface area (Å²) in [5.41, 5.74) is 0. The molecule has 0 rings (SSSR count). The number of carboxylic acids is 1. The topological polar surface area (TPSA) is 89.9 Å². The Morgan fingerprint density at radius 1 is 1.06 bits per heavy atom. The van der Waals surface area contributed by atoms with Crippen molar-refractivity contribution in [2.24, 2.45) is 5.92 Å². The summed E-state index contributed by atoms with van der Waals surface area (Å²) >= 11 is 0. The average molecular weight is 256 g/mol. The molecule has 0 spiro atoms. The Kier molecular flexibility index (Phi) is 7.92. The first-order valence-electron chi connectivity index (χ1n) is 5.27. The monoisotopic (exact) mass is 256 g/mol. The molecule has 0 fully saturated rings. The molecule has 0 aliphatic carbocycles. The number of carbonyl (C=O) groups excluding carboxylic acids is 2. The maximum Gasteiger partial charge on any atom is 0.310 e. The van der Waals surface area contributed by atoms with Crippen molar-refractivity contribution < 1.29 is 29.0 Å². The second-order valence-corrected chi connectivity index (χ2v) is 3.39. The summed E-state index contributed by atoms with van der Waals surface area (Å²) in [6, 6.07) is 0.